The Morgan fingerprint density at radius 2 is 1.59 bits per heavy atom. The molecule has 1 aliphatic heterocycles. The average Bonchev–Trinajstić information content (AvgIpc) is 3.29. The molecule has 0 unspecified atom stereocenters. The van der Waals surface area contributed by atoms with Gasteiger partial charge in [-0.3, -0.25) is 4.98 Å². The van der Waals surface area contributed by atoms with Crippen molar-refractivity contribution < 1.29 is 5.11 Å². The Morgan fingerprint density at radius 1 is 0.882 bits per heavy atom. The van der Waals surface area contributed by atoms with Crippen molar-refractivity contribution in [1.82, 2.24) is 14.9 Å². The lowest BCUT2D eigenvalue weighted by molar-refractivity contribution is 0.475. The number of hydrogen-bond donors (Lipinski definition) is 2. The third kappa shape index (κ3) is 3.84. The molecule has 2 aromatic heterocycles. The predicted octanol–water partition coefficient (Wildman–Crippen LogP) is 5.99. The molecular formula is C28H28N4OS. The Bertz CT molecular complexity index is 1340. The van der Waals surface area contributed by atoms with Crippen molar-refractivity contribution in [3.8, 4) is 11.4 Å². The first-order valence-electron chi connectivity index (χ1n) is 11.4. The zero-order valence-corrected chi connectivity index (χ0v) is 20.6. The van der Waals surface area contributed by atoms with E-state index in [9.17, 15) is 5.11 Å². The Labute approximate surface area is 205 Å². The van der Waals surface area contributed by atoms with Crippen LogP contribution in [0.1, 0.15) is 45.9 Å². The number of nitrogens with one attached hydrogen (secondary N) is 1. The molecule has 0 saturated carbocycles. The highest BCUT2D eigenvalue weighted by atomic mass is 32.1. The lowest BCUT2D eigenvalue weighted by atomic mass is 9.96. The van der Waals surface area contributed by atoms with Crippen molar-refractivity contribution in [2.45, 2.75) is 39.8 Å². The van der Waals surface area contributed by atoms with Gasteiger partial charge in [-0.25, -0.2) is 0 Å². The molecule has 1 saturated heterocycles. The molecule has 2 aromatic carbocycles. The summed E-state index contributed by atoms with van der Waals surface area (Å²) >= 11 is 5.84. The third-order valence-electron chi connectivity index (χ3n) is 6.48. The molecular weight excluding hydrogens is 440 g/mol. The van der Waals surface area contributed by atoms with Crippen LogP contribution in [0.2, 0.25) is 0 Å². The number of anilines is 1. The number of pyridine rings is 1. The van der Waals surface area contributed by atoms with Crippen LogP contribution in [0, 0.1) is 27.7 Å². The minimum atomic E-state index is -0.115. The molecule has 0 radical (unpaired) electrons. The maximum absolute atomic E-state index is 9.85. The van der Waals surface area contributed by atoms with Gasteiger partial charge in [0.05, 0.1) is 17.8 Å². The number of phenolic OH excluding ortho intramolecular Hbond substituents is 1. The molecule has 172 valence electrons. The summed E-state index contributed by atoms with van der Waals surface area (Å²) in [6.45, 7) is 8.59. The van der Waals surface area contributed by atoms with Gasteiger partial charge in [0.2, 0.25) is 0 Å². The maximum Gasteiger partial charge on any atom is 0.174 e. The van der Waals surface area contributed by atoms with Gasteiger partial charge in [-0.2, -0.15) is 0 Å². The van der Waals surface area contributed by atoms with Gasteiger partial charge in [0, 0.05) is 29.0 Å². The van der Waals surface area contributed by atoms with Crippen molar-refractivity contribution in [2.75, 3.05) is 4.90 Å². The summed E-state index contributed by atoms with van der Waals surface area (Å²) in [6.07, 6.45) is 1.82. The summed E-state index contributed by atoms with van der Waals surface area (Å²) in [7, 11) is 0. The first-order valence-corrected chi connectivity index (χ1v) is 11.8. The molecule has 0 aliphatic carbocycles. The van der Waals surface area contributed by atoms with Crippen molar-refractivity contribution in [3.05, 3.63) is 107 Å². The molecule has 1 fully saturated rings. The van der Waals surface area contributed by atoms with Gasteiger partial charge < -0.3 is 19.9 Å². The van der Waals surface area contributed by atoms with E-state index in [0.717, 1.165) is 17.1 Å². The zero-order chi connectivity index (χ0) is 24.0. The number of aromatic hydroxyl groups is 1. The number of rotatable bonds is 4. The van der Waals surface area contributed by atoms with E-state index in [-0.39, 0.29) is 17.8 Å². The molecule has 4 aromatic rings. The number of aromatic nitrogens is 2. The Morgan fingerprint density at radius 3 is 2.24 bits per heavy atom. The highest BCUT2D eigenvalue weighted by Gasteiger charge is 2.42. The van der Waals surface area contributed by atoms with Gasteiger partial charge in [0.15, 0.2) is 5.11 Å². The largest absolute Gasteiger partial charge is 0.508 e. The number of nitrogens with zero attached hydrogens (tertiary/aromatic N) is 3. The second-order valence-electron chi connectivity index (χ2n) is 9.02. The lowest BCUT2D eigenvalue weighted by Gasteiger charge is -2.28. The fourth-order valence-corrected chi connectivity index (χ4v) is 5.47. The molecule has 3 heterocycles. The van der Waals surface area contributed by atoms with Crippen LogP contribution in [0.4, 0.5) is 5.69 Å². The van der Waals surface area contributed by atoms with E-state index in [0.29, 0.717) is 5.11 Å². The van der Waals surface area contributed by atoms with Crippen molar-refractivity contribution >= 4 is 23.0 Å². The maximum atomic E-state index is 9.85. The van der Waals surface area contributed by atoms with Gasteiger partial charge in [0.1, 0.15) is 5.75 Å². The van der Waals surface area contributed by atoms with Gasteiger partial charge in [-0.05, 0) is 111 Å². The SMILES string of the molecule is Cc1cc(C)cc(-n2c(C)cc([C@H]3[C@@H](c4ccccn4)NC(=S)N3c3ccc(O)cc3)c2C)c1. The Balaban J connectivity index is 1.69. The minimum absolute atomic E-state index is 0.0993. The number of aryl methyl sites for hydroxylation is 3. The third-order valence-corrected chi connectivity index (χ3v) is 6.79. The molecule has 0 spiro atoms. The van der Waals surface area contributed by atoms with Crippen LogP contribution in [0.25, 0.3) is 5.69 Å². The van der Waals surface area contributed by atoms with Crippen LogP contribution in [0.15, 0.2) is 72.9 Å². The fraction of sp³-hybridized carbons (Fsp3) is 0.214. The number of thiocarbonyl (C=S) groups is 1. The molecule has 0 amide bonds. The molecule has 5 nitrogen and oxygen atoms in total. The second kappa shape index (κ2) is 8.61. The van der Waals surface area contributed by atoms with E-state index in [1.807, 2.05) is 36.5 Å². The van der Waals surface area contributed by atoms with Crippen LogP contribution in [-0.4, -0.2) is 19.8 Å². The Kier molecular flexibility index (Phi) is 5.62. The summed E-state index contributed by atoms with van der Waals surface area (Å²) in [6, 6.07) is 21.9. The molecule has 0 bridgehead atoms. The lowest BCUT2D eigenvalue weighted by Crippen LogP contribution is -2.29. The van der Waals surface area contributed by atoms with Gasteiger partial charge in [-0.1, -0.05) is 12.1 Å². The number of phenols is 1. The van der Waals surface area contributed by atoms with Crippen LogP contribution in [-0.2, 0) is 0 Å². The Hall–Kier alpha value is -3.64. The number of benzene rings is 2. The van der Waals surface area contributed by atoms with E-state index in [1.165, 1.54) is 28.1 Å². The standard InChI is InChI=1S/C28H28N4OS/c1-17-13-18(2)15-22(14-17)31-19(3)16-24(20(31)4)27-26(25-7-5-6-12-29-25)30-28(34)32(27)21-8-10-23(33)11-9-21/h5-16,26-27,33H,1-4H3,(H,30,34)/t26-,27+/m1/s1. The molecule has 34 heavy (non-hydrogen) atoms. The normalized spacial score (nSPS) is 17.8. The monoisotopic (exact) mass is 468 g/mol. The van der Waals surface area contributed by atoms with Crippen LogP contribution < -0.4 is 10.2 Å². The summed E-state index contributed by atoms with van der Waals surface area (Å²) in [5.41, 5.74) is 9.03. The van der Waals surface area contributed by atoms with E-state index in [1.54, 1.807) is 12.1 Å². The van der Waals surface area contributed by atoms with Gasteiger partial charge in [-0.15, -0.1) is 0 Å². The smallest absolute Gasteiger partial charge is 0.174 e. The fourth-order valence-electron chi connectivity index (χ4n) is 5.13. The zero-order valence-electron chi connectivity index (χ0n) is 19.8. The van der Waals surface area contributed by atoms with E-state index in [4.69, 9.17) is 12.2 Å². The van der Waals surface area contributed by atoms with Crippen molar-refractivity contribution in [2.24, 2.45) is 0 Å². The summed E-state index contributed by atoms with van der Waals surface area (Å²) < 4.78 is 2.32. The topological polar surface area (TPSA) is 53.3 Å². The summed E-state index contributed by atoms with van der Waals surface area (Å²) in [5, 5.41) is 14.0. The molecule has 1 aliphatic rings. The highest BCUT2D eigenvalue weighted by molar-refractivity contribution is 7.80. The van der Waals surface area contributed by atoms with E-state index in [2.05, 4.69) is 71.7 Å². The molecule has 5 rings (SSSR count). The molecule has 6 heteroatoms. The van der Waals surface area contributed by atoms with Gasteiger partial charge in [0.25, 0.3) is 0 Å². The van der Waals surface area contributed by atoms with E-state index < -0.39 is 0 Å². The van der Waals surface area contributed by atoms with Crippen LogP contribution in [0.5, 0.6) is 5.75 Å². The molecule has 2 atom stereocenters. The quantitative estimate of drug-likeness (QED) is 0.361. The minimum Gasteiger partial charge on any atom is -0.508 e. The predicted molar refractivity (Wildman–Crippen MR) is 141 cm³/mol. The first-order chi connectivity index (χ1) is 16.3. The summed E-state index contributed by atoms with van der Waals surface area (Å²) in [4.78, 5) is 6.80. The van der Waals surface area contributed by atoms with Crippen LogP contribution >= 0.6 is 12.2 Å². The molecule has 2 N–H and O–H groups in total. The number of hydrogen-bond acceptors (Lipinski definition) is 3. The summed E-state index contributed by atoms with van der Waals surface area (Å²) in [5.74, 6) is 0.229. The van der Waals surface area contributed by atoms with E-state index >= 15 is 0 Å². The average molecular weight is 469 g/mol. The van der Waals surface area contributed by atoms with Crippen LogP contribution in [0.3, 0.4) is 0 Å². The highest BCUT2D eigenvalue weighted by Crippen LogP contribution is 2.44. The second-order valence-corrected chi connectivity index (χ2v) is 9.41. The van der Waals surface area contributed by atoms with Crippen molar-refractivity contribution in [3.63, 3.8) is 0 Å². The first kappa shape index (κ1) is 22.2. The van der Waals surface area contributed by atoms with Gasteiger partial charge >= 0.3 is 0 Å². The van der Waals surface area contributed by atoms with Crippen molar-refractivity contribution in [1.29, 1.82) is 0 Å².